The van der Waals surface area contributed by atoms with Crippen LogP contribution < -0.4 is 5.32 Å². The molecule has 20 heavy (non-hydrogen) atoms. The van der Waals surface area contributed by atoms with Crippen molar-refractivity contribution >= 4 is 11.6 Å². The van der Waals surface area contributed by atoms with Gasteiger partial charge in [0.15, 0.2) is 0 Å². The Kier molecular flexibility index (Phi) is 5.45. The maximum Gasteiger partial charge on any atom is 0.142 e. The van der Waals surface area contributed by atoms with Crippen LogP contribution in [0.4, 0.5) is 4.39 Å². The second kappa shape index (κ2) is 6.91. The Bertz CT molecular complexity index is 441. The Hall–Kier alpha value is -0.600. The molecule has 0 amide bonds. The van der Waals surface area contributed by atoms with Crippen LogP contribution in [0.1, 0.15) is 51.5 Å². The van der Waals surface area contributed by atoms with Gasteiger partial charge in [-0.25, -0.2) is 4.39 Å². The van der Waals surface area contributed by atoms with Gasteiger partial charge in [-0.05, 0) is 48.9 Å². The third-order valence-corrected chi connectivity index (χ3v) is 5.02. The van der Waals surface area contributed by atoms with E-state index in [0.29, 0.717) is 11.5 Å². The zero-order valence-electron chi connectivity index (χ0n) is 12.5. The SMILES string of the molecule is CCNC(Cc1ccc(Cl)c(F)c1)C1(C)CCCCC1. The lowest BCUT2D eigenvalue weighted by Crippen LogP contribution is -2.46. The molecule has 0 heterocycles. The Balaban J connectivity index is 2.13. The summed E-state index contributed by atoms with van der Waals surface area (Å²) >= 11 is 5.76. The monoisotopic (exact) mass is 297 g/mol. The number of hydrogen-bond donors (Lipinski definition) is 1. The maximum absolute atomic E-state index is 13.6. The number of likely N-dealkylation sites (N-methyl/N-ethyl adjacent to an activating group) is 1. The summed E-state index contributed by atoms with van der Waals surface area (Å²) in [4.78, 5) is 0. The van der Waals surface area contributed by atoms with Gasteiger partial charge in [-0.15, -0.1) is 0 Å². The van der Waals surface area contributed by atoms with E-state index in [2.05, 4.69) is 19.2 Å². The lowest BCUT2D eigenvalue weighted by atomic mass is 9.69. The lowest BCUT2D eigenvalue weighted by molar-refractivity contribution is 0.145. The van der Waals surface area contributed by atoms with Gasteiger partial charge in [0.05, 0.1) is 5.02 Å². The fourth-order valence-corrected chi connectivity index (χ4v) is 3.54. The minimum atomic E-state index is -0.312. The molecule has 0 spiro atoms. The first kappa shape index (κ1) is 15.8. The van der Waals surface area contributed by atoms with Crippen molar-refractivity contribution in [1.29, 1.82) is 0 Å². The molecule has 1 aromatic carbocycles. The van der Waals surface area contributed by atoms with Crippen molar-refractivity contribution in [3.05, 3.63) is 34.6 Å². The van der Waals surface area contributed by atoms with E-state index in [4.69, 9.17) is 11.6 Å². The van der Waals surface area contributed by atoms with Crippen LogP contribution in [0.2, 0.25) is 5.02 Å². The molecule has 0 saturated heterocycles. The Morgan fingerprint density at radius 3 is 2.60 bits per heavy atom. The highest BCUT2D eigenvalue weighted by Gasteiger charge is 2.34. The smallest absolute Gasteiger partial charge is 0.142 e. The predicted molar refractivity (Wildman–Crippen MR) is 83.8 cm³/mol. The van der Waals surface area contributed by atoms with E-state index in [1.54, 1.807) is 12.1 Å². The van der Waals surface area contributed by atoms with E-state index in [0.717, 1.165) is 18.5 Å². The Morgan fingerprint density at radius 2 is 2.00 bits per heavy atom. The molecule has 1 aliphatic carbocycles. The minimum absolute atomic E-state index is 0.206. The third kappa shape index (κ3) is 3.73. The fraction of sp³-hybridized carbons (Fsp3) is 0.647. The highest BCUT2D eigenvalue weighted by molar-refractivity contribution is 6.30. The minimum Gasteiger partial charge on any atom is -0.313 e. The molecule has 1 atom stereocenters. The van der Waals surface area contributed by atoms with E-state index in [1.165, 1.54) is 32.1 Å². The van der Waals surface area contributed by atoms with Gasteiger partial charge in [-0.3, -0.25) is 0 Å². The molecule has 0 aromatic heterocycles. The average Bonchev–Trinajstić information content (AvgIpc) is 2.43. The Labute approximate surface area is 126 Å². The molecule has 1 unspecified atom stereocenters. The van der Waals surface area contributed by atoms with Crippen molar-refractivity contribution in [2.45, 2.75) is 58.4 Å². The van der Waals surface area contributed by atoms with E-state index in [1.807, 2.05) is 6.07 Å². The van der Waals surface area contributed by atoms with Crippen LogP contribution >= 0.6 is 11.6 Å². The normalized spacial score (nSPS) is 19.8. The summed E-state index contributed by atoms with van der Waals surface area (Å²) in [6.45, 7) is 5.48. The van der Waals surface area contributed by atoms with Crippen molar-refractivity contribution in [3.8, 4) is 0 Å². The quantitative estimate of drug-likeness (QED) is 0.809. The fourth-order valence-electron chi connectivity index (χ4n) is 3.42. The van der Waals surface area contributed by atoms with Gasteiger partial charge >= 0.3 is 0 Å². The van der Waals surface area contributed by atoms with Crippen molar-refractivity contribution < 1.29 is 4.39 Å². The summed E-state index contributed by atoms with van der Waals surface area (Å²) < 4.78 is 13.6. The molecule has 1 aliphatic rings. The summed E-state index contributed by atoms with van der Waals surface area (Å²) in [6.07, 6.45) is 7.38. The van der Waals surface area contributed by atoms with Crippen LogP contribution in [0.5, 0.6) is 0 Å². The number of rotatable bonds is 5. The molecule has 1 fully saturated rings. The summed E-state index contributed by atoms with van der Waals surface area (Å²) in [6, 6.07) is 5.60. The molecule has 1 saturated carbocycles. The standard InChI is InChI=1S/C17H25ClFN/c1-3-20-16(17(2)9-5-4-6-10-17)12-13-7-8-14(18)15(19)11-13/h7-8,11,16,20H,3-6,9-10,12H2,1-2H3. The largest absolute Gasteiger partial charge is 0.313 e. The highest BCUT2D eigenvalue weighted by Crippen LogP contribution is 2.40. The maximum atomic E-state index is 13.6. The summed E-state index contributed by atoms with van der Waals surface area (Å²) in [5, 5.41) is 3.83. The molecule has 0 radical (unpaired) electrons. The van der Waals surface area contributed by atoms with Gasteiger partial charge in [-0.1, -0.05) is 50.8 Å². The van der Waals surface area contributed by atoms with Crippen LogP contribution in [0.25, 0.3) is 0 Å². The summed E-state index contributed by atoms with van der Waals surface area (Å²) in [7, 11) is 0. The van der Waals surface area contributed by atoms with Crippen LogP contribution in [-0.4, -0.2) is 12.6 Å². The second-order valence-corrected chi connectivity index (χ2v) is 6.68. The van der Waals surface area contributed by atoms with Gasteiger partial charge in [0.2, 0.25) is 0 Å². The van der Waals surface area contributed by atoms with E-state index in [-0.39, 0.29) is 10.8 Å². The second-order valence-electron chi connectivity index (χ2n) is 6.28. The van der Waals surface area contributed by atoms with Crippen LogP contribution in [-0.2, 0) is 6.42 Å². The molecule has 0 aliphatic heterocycles. The number of benzene rings is 1. The molecular formula is C17H25ClFN. The average molecular weight is 298 g/mol. The summed E-state index contributed by atoms with van der Waals surface area (Å²) in [5.74, 6) is -0.312. The van der Waals surface area contributed by atoms with Crippen molar-refractivity contribution in [1.82, 2.24) is 5.32 Å². The van der Waals surface area contributed by atoms with Crippen LogP contribution in [0.15, 0.2) is 18.2 Å². The van der Waals surface area contributed by atoms with Gasteiger partial charge in [0, 0.05) is 6.04 Å². The first-order valence-corrected chi connectivity index (χ1v) is 8.10. The molecule has 3 heteroatoms. The number of halogens is 2. The zero-order chi connectivity index (χ0) is 14.6. The molecular weight excluding hydrogens is 273 g/mol. The van der Waals surface area contributed by atoms with Crippen molar-refractivity contribution in [2.24, 2.45) is 5.41 Å². The van der Waals surface area contributed by atoms with Gasteiger partial charge in [0.25, 0.3) is 0 Å². The topological polar surface area (TPSA) is 12.0 Å². The molecule has 0 bridgehead atoms. The molecule has 2 rings (SSSR count). The van der Waals surface area contributed by atoms with Gasteiger partial charge < -0.3 is 5.32 Å². The van der Waals surface area contributed by atoms with E-state index < -0.39 is 0 Å². The molecule has 112 valence electrons. The van der Waals surface area contributed by atoms with E-state index >= 15 is 0 Å². The number of nitrogens with one attached hydrogen (secondary N) is 1. The first-order valence-electron chi connectivity index (χ1n) is 7.72. The van der Waals surface area contributed by atoms with Gasteiger partial charge in [-0.2, -0.15) is 0 Å². The third-order valence-electron chi connectivity index (χ3n) is 4.71. The molecule has 1 nitrogen and oxygen atoms in total. The highest BCUT2D eigenvalue weighted by atomic mass is 35.5. The van der Waals surface area contributed by atoms with Crippen molar-refractivity contribution in [2.75, 3.05) is 6.54 Å². The summed E-state index contributed by atoms with van der Waals surface area (Å²) in [5.41, 5.74) is 1.36. The van der Waals surface area contributed by atoms with Crippen LogP contribution in [0, 0.1) is 11.2 Å². The van der Waals surface area contributed by atoms with Gasteiger partial charge in [0.1, 0.15) is 5.82 Å². The molecule has 1 N–H and O–H groups in total. The lowest BCUT2D eigenvalue weighted by Gasteiger charge is -2.41. The number of hydrogen-bond acceptors (Lipinski definition) is 1. The zero-order valence-corrected chi connectivity index (χ0v) is 13.3. The molecule has 1 aromatic rings. The Morgan fingerprint density at radius 1 is 1.30 bits per heavy atom. The first-order chi connectivity index (χ1) is 9.55. The van der Waals surface area contributed by atoms with E-state index in [9.17, 15) is 4.39 Å². The predicted octanol–water partition coefficient (Wildman–Crippen LogP) is 4.97. The van der Waals surface area contributed by atoms with Crippen molar-refractivity contribution in [3.63, 3.8) is 0 Å². The van der Waals surface area contributed by atoms with Crippen LogP contribution in [0.3, 0.4) is 0 Å².